The fraction of sp³-hybridized carbons (Fsp3) is 0.438. The number of nitrogens with zero attached hydrogens (tertiary/aromatic N) is 2. The highest BCUT2D eigenvalue weighted by atomic mass is 16.5. The Labute approximate surface area is 221 Å². The molecule has 1 heterocycles. The van der Waals surface area contributed by atoms with Gasteiger partial charge in [0.15, 0.2) is 0 Å². The van der Waals surface area contributed by atoms with Crippen LogP contribution in [0.3, 0.4) is 0 Å². The predicted octanol–water partition coefficient (Wildman–Crippen LogP) is 6.17. The van der Waals surface area contributed by atoms with Gasteiger partial charge in [-0.15, -0.1) is 0 Å². The lowest BCUT2D eigenvalue weighted by atomic mass is 9.79. The zero-order valence-corrected chi connectivity index (χ0v) is 22.5. The van der Waals surface area contributed by atoms with Gasteiger partial charge in [0.2, 0.25) is 0 Å². The van der Waals surface area contributed by atoms with Crippen LogP contribution in [0.25, 0.3) is 0 Å². The van der Waals surface area contributed by atoms with Gasteiger partial charge in [-0.05, 0) is 111 Å². The summed E-state index contributed by atoms with van der Waals surface area (Å²) in [6.45, 7) is 9.50. The van der Waals surface area contributed by atoms with E-state index in [0.29, 0.717) is 17.7 Å². The van der Waals surface area contributed by atoms with Gasteiger partial charge in [-0.25, -0.2) is 0 Å². The summed E-state index contributed by atoms with van der Waals surface area (Å²) in [6, 6.07) is 21.3. The van der Waals surface area contributed by atoms with E-state index < -0.39 is 0 Å². The normalized spacial score (nSPS) is 17.2. The van der Waals surface area contributed by atoms with E-state index in [2.05, 4.69) is 72.2 Å². The van der Waals surface area contributed by atoms with E-state index in [4.69, 9.17) is 9.47 Å². The molecule has 5 heteroatoms. The van der Waals surface area contributed by atoms with E-state index in [1.165, 1.54) is 47.5 Å². The third-order valence-electron chi connectivity index (χ3n) is 7.93. The Hall–Kier alpha value is -3.18. The fourth-order valence-electron chi connectivity index (χ4n) is 5.58. The zero-order valence-electron chi connectivity index (χ0n) is 22.5. The van der Waals surface area contributed by atoms with Crippen molar-refractivity contribution in [3.63, 3.8) is 0 Å². The van der Waals surface area contributed by atoms with Crippen LogP contribution < -0.4 is 14.4 Å². The Balaban J connectivity index is 1.34. The lowest BCUT2D eigenvalue weighted by Gasteiger charge is -2.35. The number of aromatic hydroxyl groups is 1. The molecule has 1 aliphatic carbocycles. The molecule has 0 saturated carbocycles. The number of hydrogen-bond donors (Lipinski definition) is 1. The third-order valence-corrected chi connectivity index (χ3v) is 7.93. The van der Waals surface area contributed by atoms with Gasteiger partial charge >= 0.3 is 0 Å². The molecule has 0 bridgehead atoms. The van der Waals surface area contributed by atoms with E-state index in [9.17, 15) is 5.11 Å². The van der Waals surface area contributed by atoms with Crippen molar-refractivity contribution in [3.8, 4) is 17.2 Å². The van der Waals surface area contributed by atoms with Gasteiger partial charge in [0.1, 0.15) is 23.9 Å². The molecule has 5 nitrogen and oxygen atoms in total. The summed E-state index contributed by atoms with van der Waals surface area (Å²) in [7, 11) is 1.74. The van der Waals surface area contributed by atoms with E-state index in [0.717, 1.165) is 50.5 Å². The summed E-state index contributed by atoms with van der Waals surface area (Å²) < 4.78 is 11.6. The van der Waals surface area contributed by atoms with Crippen LogP contribution in [-0.4, -0.2) is 49.4 Å². The molecule has 2 aliphatic rings. The summed E-state index contributed by atoms with van der Waals surface area (Å²) >= 11 is 0. The molecule has 1 saturated heterocycles. The van der Waals surface area contributed by atoms with Crippen LogP contribution in [0.1, 0.15) is 54.9 Å². The molecule has 1 unspecified atom stereocenters. The number of phenols is 1. The lowest BCUT2D eigenvalue weighted by Crippen LogP contribution is -2.39. The zero-order chi connectivity index (χ0) is 25.8. The highest BCUT2D eigenvalue weighted by Gasteiger charge is 2.26. The molecule has 0 aromatic heterocycles. The van der Waals surface area contributed by atoms with Gasteiger partial charge in [0, 0.05) is 30.9 Å². The number of likely N-dealkylation sites (tertiary alicyclic amines) is 1. The molecule has 37 heavy (non-hydrogen) atoms. The Morgan fingerprint density at radius 1 is 0.973 bits per heavy atom. The summed E-state index contributed by atoms with van der Waals surface area (Å²) in [5, 5.41) is 9.91. The number of ether oxygens (including phenoxy) is 2. The number of benzene rings is 3. The highest BCUT2D eigenvalue weighted by Crippen LogP contribution is 2.40. The van der Waals surface area contributed by atoms with Gasteiger partial charge in [-0.2, -0.15) is 0 Å². The topological polar surface area (TPSA) is 45.2 Å². The molecule has 3 aromatic rings. The average molecular weight is 501 g/mol. The van der Waals surface area contributed by atoms with Crippen molar-refractivity contribution < 1.29 is 14.6 Å². The maximum atomic E-state index is 9.91. The van der Waals surface area contributed by atoms with Gasteiger partial charge in [-0.3, -0.25) is 4.90 Å². The number of phenolic OH excluding ortho intramolecular Hbond substituents is 1. The van der Waals surface area contributed by atoms with Crippen molar-refractivity contribution in [1.82, 2.24) is 4.90 Å². The summed E-state index contributed by atoms with van der Waals surface area (Å²) in [4.78, 5) is 4.92. The highest BCUT2D eigenvalue weighted by molar-refractivity contribution is 5.60. The van der Waals surface area contributed by atoms with Gasteiger partial charge in [-0.1, -0.05) is 24.3 Å². The molecule has 1 aliphatic heterocycles. The Kier molecular flexibility index (Phi) is 7.90. The Morgan fingerprint density at radius 2 is 1.76 bits per heavy atom. The Morgan fingerprint density at radius 3 is 2.46 bits per heavy atom. The summed E-state index contributed by atoms with van der Waals surface area (Å²) in [5.74, 6) is 2.62. The SMILES string of the molecule is COc1ccc(C2CCc3cc(O)ccc3C2)c(N(Cc2ccc(OCCN3CCC3)cc2)C(C)C)c1. The van der Waals surface area contributed by atoms with E-state index in [-0.39, 0.29) is 0 Å². The molecule has 0 radical (unpaired) electrons. The first-order valence-electron chi connectivity index (χ1n) is 13.7. The number of aryl methyl sites for hydroxylation is 1. The van der Waals surface area contributed by atoms with Crippen molar-refractivity contribution in [1.29, 1.82) is 0 Å². The maximum Gasteiger partial charge on any atom is 0.120 e. The van der Waals surface area contributed by atoms with Crippen molar-refractivity contribution in [3.05, 3.63) is 82.9 Å². The second kappa shape index (κ2) is 11.5. The lowest BCUT2D eigenvalue weighted by molar-refractivity contribution is 0.147. The fourth-order valence-corrected chi connectivity index (χ4v) is 5.58. The van der Waals surface area contributed by atoms with Crippen molar-refractivity contribution in [2.24, 2.45) is 0 Å². The number of fused-ring (bicyclic) bond motifs is 1. The molecule has 3 aromatic carbocycles. The quantitative estimate of drug-likeness (QED) is 0.361. The molecule has 196 valence electrons. The van der Waals surface area contributed by atoms with Crippen LogP contribution in [0.2, 0.25) is 0 Å². The first-order valence-corrected chi connectivity index (χ1v) is 13.7. The van der Waals surface area contributed by atoms with Crippen molar-refractivity contribution in [2.75, 3.05) is 38.3 Å². The van der Waals surface area contributed by atoms with Crippen molar-refractivity contribution >= 4 is 5.69 Å². The van der Waals surface area contributed by atoms with Crippen LogP contribution in [0.4, 0.5) is 5.69 Å². The number of methoxy groups -OCH3 is 1. The molecule has 0 amide bonds. The number of anilines is 1. The minimum Gasteiger partial charge on any atom is -0.508 e. The average Bonchev–Trinajstić information content (AvgIpc) is 2.88. The predicted molar refractivity (Wildman–Crippen MR) is 150 cm³/mol. The molecular weight excluding hydrogens is 460 g/mol. The number of rotatable bonds is 10. The molecule has 1 fully saturated rings. The first-order chi connectivity index (χ1) is 18.0. The molecular formula is C32H40N2O3. The van der Waals surface area contributed by atoms with Crippen LogP contribution in [0.5, 0.6) is 17.2 Å². The second-order valence-corrected chi connectivity index (χ2v) is 10.7. The Bertz CT molecular complexity index is 1190. The number of hydrogen-bond acceptors (Lipinski definition) is 5. The first kappa shape index (κ1) is 25.5. The van der Waals surface area contributed by atoms with Crippen LogP contribution in [0.15, 0.2) is 60.7 Å². The molecule has 0 spiro atoms. The molecule has 1 atom stereocenters. The summed E-state index contributed by atoms with van der Waals surface area (Å²) in [5.41, 5.74) is 6.51. The van der Waals surface area contributed by atoms with Gasteiger partial charge in [0.05, 0.1) is 7.11 Å². The van der Waals surface area contributed by atoms with Gasteiger partial charge < -0.3 is 19.5 Å². The second-order valence-electron chi connectivity index (χ2n) is 10.7. The van der Waals surface area contributed by atoms with E-state index >= 15 is 0 Å². The van der Waals surface area contributed by atoms with Gasteiger partial charge in [0.25, 0.3) is 0 Å². The standard InChI is InChI=1S/C32H40N2O3/c1-23(2)34(22-24-5-11-29(12-6-24)37-18-17-33-15-4-16-33)32-21-30(36-3)13-14-31(32)27-8-7-26-20-28(35)10-9-25(26)19-27/h5-6,9-14,20-21,23,27,35H,4,7-8,15-19,22H2,1-3H3. The van der Waals surface area contributed by atoms with E-state index in [1.807, 2.05) is 12.1 Å². The monoisotopic (exact) mass is 500 g/mol. The van der Waals surface area contributed by atoms with Crippen LogP contribution in [0, 0.1) is 0 Å². The van der Waals surface area contributed by atoms with Crippen molar-refractivity contribution in [2.45, 2.75) is 58.0 Å². The largest absolute Gasteiger partial charge is 0.508 e. The van der Waals surface area contributed by atoms with E-state index in [1.54, 1.807) is 7.11 Å². The maximum absolute atomic E-state index is 9.91. The smallest absolute Gasteiger partial charge is 0.120 e. The molecule has 1 N–H and O–H groups in total. The summed E-state index contributed by atoms with van der Waals surface area (Å²) in [6.07, 6.45) is 4.37. The molecule has 5 rings (SSSR count). The van der Waals surface area contributed by atoms with Crippen LogP contribution >= 0.6 is 0 Å². The minimum absolute atomic E-state index is 0.325. The van der Waals surface area contributed by atoms with Crippen LogP contribution in [-0.2, 0) is 19.4 Å². The third kappa shape index (κ3) is 6.04. The minimum atomic E-state index is 0.325.